The largest absolute Gasteiger partial charge is 0.345 e. The van der Waals surface area contributed by atoms with Gasteiger partial charge in [-0.1, -0.05) is 29.8 Å². The van der Waals surface area contributed by atoms with Crippen molar-refractivity contribution in [2.24, 2.45) is 0 Å². The van der Waals surface area contributed by atoms with Crippen molar-refractivity contribution in [1.82, 2.24) is 4.98 Å². The van der Waals surface area contributed by atoms with Gasteiger partial charge in [0.05, 0.1) is 5.69 Å². The molecule has 0 bridgehead atoms. The van der Waals surface area contributed by atoms with Gasteiger partial charge in [0, 0.05) is 22.2 Å². The first kappa shape index (κ1) is 18.9. The first-order valence-electron chi connectivity index (χ1n) is 8.41. The van der Waals surface area contributed by atoms with Crippen LogP contribution in [0.4, 0.5) is 5.69 Å². The van der Waals surface area contributed by atoms with Crippen molar-refractivity contribution in [2.45, 2.75) is 13.8 Å². The van der Waals surface area contributed by atoms with Gasteiger partial charge in [-0.2, -0.15) is 15.8 Å². The Morgan fingerprint density at radius 2 is 1.79 bits per heavy atom. The van der Waals surface area contributed by atoms with E-state index in [4.69, 9.17) is 15.5 Å². The number of thiazole rings is 1. The molecule has 0 unspecified atom stereocenters. The van der Waals surface area contributed by atoms with E-state index < -0.39 is 0 Å². The summed E-state index contributed by atoms with van der Waals surface area (Å²) in [6, 6.07) is 19.0. The van der Waals surface area contributed by atoms with Crippen LogP contribution in [0.15, 0.2) is 59.1 Å². The Labute approximate surface area is 167 Å². The summed E-state index contributed by atoms with van der Waals surface area (Å²) in [5.41, 5.74) is 5.56. The van der Waals surface area contributed by atoms with Gasteiger partial charge < -0.3 is 5.32 Å². The van der Waals surface area contributed by atoms with E-state index in [1.54, 1.807) is 29.5 Å². The highest BCUT2D eigenvalue weighted by molar-refractivity contribution is 7.13. The van der Waals surface area contributed by atoms with Crippen molar-refractivity contribution in [1.29, 1.82) is 15.8 Å². The fraction of sp³-hybridized carbons (Fsp3) is 0.0909. The lowest BCUT2D eigenvalue weighted by atomic mass is 10.0. The number of hydrogen-bond acceptors (Lipinski definition) is 6. The summed E-state index contributed by atoms with van der Waals surface area (Å²) >= 11 is 1.54. The molecule has 1 heterocycles. The number of rotatable bonds is 4. The molecule has 3 aromatic rings. The number of nitriles is 3. The number of anilines is 1. The van der Waals surface area contributed by atoms with E-state index in [1.807, 2.05) is 29.6 Å². The number of benzene rings is 2. The number of nitrogens with one attached hydrogen (secondary N) is 1. The van der Waals surface area contributed by atoms with E-state index in [-0.39, 0.29) is 11.3 Å². The molecule has 0 fully saturated rings. The number of allylic oxidation sites excluding steroid dienone is 2. The fourth-order valence-electron chi connectivity index (χ4n) is 2.70. The van der Waals surface area contributed by atoms with Crippen molar-refractivity contribution in [3.63, 3.8) is 0 Å². The smallest absolute Gasteiger partial charge is 0.163 e. The Morgan fingerprint density at radius 3 is 2.50 bits per heavy atom. The van der Waals surface area contributed by atoms with Crippen LogP contribution in [-0.4, -0.2) is 4.98 Å². The lowest BCUT2D eigenvalue weighted by Gasteiger charge is -2.06. The molecule has 0 aliphatic rings. The molecule has 0 atom stereocenters. The van der Waals surface area contributed by atoms with Crippen molar-refractivity contribution < 1.29 is 0 Å². The van der Waals surface area contributed by atoms with Gasteiger partial charge in [0.15, 0.2) is 5.57 Å². The van der Waals surface area contributed by atoms with Gasteiger partial charge in [0.25, 0.3) is 0 Å². The molecule has 0 aliphatic carbocycles. The molecule has 3 rings (SSSR count). The minimum absolute atomic E-state index is 0.0719. The van der Waals surface area contributed by atoms with E-state index in [2.05, 4.69) is 37.4 Å². The van der Waals surface area contributed by atoms with Crippen LogP contribution in [0.25, 0.3) is 21.8 Å². The molecule has 0 saturated heterocycles. The number of aromatic nitrogens is 1. The van der Waals surface area contributed by atoms with E-state index in [1.165, 1.54) is 11.1 Å². The summed E-state index contributed by atoms with van der Waals surface area (Å²) in [6.45, 7) is 4.12. The average Bonchev–Trinajstić information content (AvgIpc) is 3.20. The van der Waals surface area contributed by atoms with E-state index in [9.17, 15) is 5.26 Å². The molecule has 1 N–H and O–H groups in total. The Bertz CT molecular complexity index is 1180. The minimum atomic E-state index is -0.251. The van der Waals surface area contributed by atoms with Crippen LogP contribution >= 0.6 is 11.3 Å². The average molecular weight is 381 g/mol. The third kappa shape index (κ3) is 3.91. The van der Waals surface area contributed by atoms with Gasteiger partial charge in [-0.25, -0.2) is 4.98 Å². The van der Waals surface area contributed by atoms with Gasteiger partial charge in [-0.3, -0.25) is 0 Å². The molecule has 2 aromatic carbocycles. The molecule has 0 aliphatic heterocycles. The molecule has 0 spiro atoms. The monoisotopic (exact) mass is 381 g/mol. The first-order valence-corrected chi connectivity index (χ1v) is 9.29. The van der Waals surface area contributed by atoms with E-state index in [0.29, 0.717) is 5.69 Å². The molecular weight excluding hydrogens is 366 g/mol. The normalized spacial score (nSPS) is 9.68. The van der Waals surface area contributed by atoms with Gasteiger partial charge >= 0.3 is 0 Å². The van der Waals surface area contributed by atoms with Gasteiger partial charge in [0.1, 0.15) is 28.9 Å². The standard InChI is InChI=1S/C22H15N5S/c1-14-6-7-15(2)19(8-14)21-13-28-22(27-21)16-4-3-5-18(9-16)26-20(12-25)17(10-23)11-24/h3-9,13,26H,1-2H3. The summed E-state index contributed by atoms with van der Waals surface area (Å²) in [7, 11) is 0. The fourth-order valence-corrected chi connectivity index (χ4v) is 3.52. The molecule has 28 heavy (non-hydrogen) atoms. The Morgan fingerprint density at radius 1 is 1.00 bits per heavy atom. The van der Waals surface area contributed by atoms with Crippen LogP contribution in [-0.2, 0) is 0 Å². The van der Waals surface area contributed by atoms with Crippen molar-refractivity contribution in [3.8, 4) is 40.0 Å². The van der Waals surface area contributed by atoms with Crippen molar-refractivity contribution in [2.75, 3.05) is 5.32 Å². The highest BCUT2D eigenvalue weighted by Crippen LogP contribution is 2.32. The molecule has 0 amide bonds. The number of nitrogens with zero attached hydrogens (tertiary/aromatic N) is 4. The third-order valence-electron chi connectivity index (χ3n) is 4.14. The zero-order valence-electron chi connectivity index (χ0n) is 15.3. The van der Waals surface area contributed by atoms with Crippen LogP contribution in [0.5, 0.6) is 0 Å². The summed E-state index contributed by atoms with van der Waals surface area (Å²) in [6.07, 6.45) is 0. The van der Waals surface area contributed by atoms with E-state index in [0.717, 1.165) is 21.8 Å². The predicted molar refractivity (Wildman–Crippen MR) is 110 cm³/mol. The molecule has 6 heteroatoms. The predicted octanol–water partition coefficient (Wildman–Crippen LogP) is 5.33. The maximum absolute atomic E-state index is 9.20. The van der Waals surface area contributed by atoms with Crippen LogP contribution < -0.4 is 5.32 Å². The van der Waals surface area contributed by atoms with Crippen molar-refractivity contribution >= 4 is 17.0 Å². The minimum Gasteiger partial charge on any atom is -0.345 e. The first-order chi connectivity index (χ1) is 13.5. The second kappa shape index (κ2) is 8.18. The summed E-state index contributed by atoms with van der Waals surface area (Å²) in [5.74, 6) is 0. The lowest BCUT2D eigenvalue weighted by molar-refractivity contribution is 1.34. The SMILES string of the molecule is Cc1ccc(C)c(-c2csc(-c3cccc(NC(C#N)=C(C#N)C#N)c3)n2)c1. The molecular formula is C22H15N5S. The quantitative estimate of drug-likeness (QED) is 0.616. The molecule has 134 valence electrons. The summed E-state index contributed by atoms with van der Waals surface area (Å²) in [4.78, 5) is 4.77. The van der Waals surface area contributed by atoms with Crippen molar-refractivity contribution in [3.05, 3.63) is 70.2 Å². The van der Waals surface area contributed by atoms with E-state index >= 15 is 0 Å². The zero-order valence-corrected chi connectivity index (χ0v) is 16.1. The lowest BCUT2D eigenvalue weighted by Crippen LogP contribution is -2.00. The molecule has 0 saturated carbocycles. The second-order valence-corrected chi connectivity index (χ2v) is 7.01. The van der Waals surface area contributed by atoms with Gasteiger partial charge in [-0.05, 0) is 37.6 Å². The van der Waals surface area contributed by atoms with Gasteiger partial charge in [-0.15, -0.1) is 11.3 Å². The summed E-state index contributed by atoms with van der Waals surface area (Å²) in [5, 5.41) is 32.8. The van der Waals surface area contributed by atoms with Crippen LogP contribution in [0.2, 0.25) is 0 Å². The summed E-state index contributed by atoms with van der Waals surface area (Å²) < 4.78 is 0. The zero-order chi connectivity index (χ0) is 20.1. The molecule has 5 nitrogen and oxygen atoms in total. The molecule has 1 aromatic heterocycles. The highest BCUT2D eigenvalue weighted by Gasteiger charge is 2.11. The second-order valence-electron chi connectivity index (χ2n) is 6.15. The van der Waals surface area contributed by atoms with Crippen LogP contribution in [0.3, 0.4) is 0 Å². The van der Waals surface area contributed by atoms with Crippen LogP contribution in [0.1, 0.15) is 11.1 Å². The molecule has 0 radical (unpaired) electrons. The maximum atomic E-state index is 9.20. The van der Waals surface area contributed by atoms with Gasteiger partial charge in [0.2, 0.25) is 0 Å². The number of aryl methyl sites for hydroxylation is 2. The Kier molecular flexibility index (Phi) is 5.51. The topological polar surface area (TPSA) is 96.3 Å². The maximum Gasteiger partial charge on any atom is 0.163 e. The number of hydrogen-bond donors (Lipinski definition) is 1. The Balaban J connectivity index is 1.94. The Hall–Kier alpha value is -3.92. The highest BCUT2D eigenvalue weighted by atomic mass is 32.1. The third-order valence-corrected chi connectivity index (χ3v) is 5.03. The van der Waals surface area contributed by atoms with Crippen LogP contribution in [0, 0.1) is 47.8 Å².